The van der Waals surface area contributed by atoms with E-state index in [0.29, 0.717) is 6.42 Å². The summed E-state index contributed by atoms with van der Waals surface area (Å²) in [5, 5.41) is 0. The number of rotatable bonds is 8. The number of carbonyl (C=O) groups excluding carboxylic acids is 1. The van der Waals surface area contributed by atoms with E-state index in [1.165, 1.54) is 6.08 Å². The van der Waals surface area contributed by atoms with Crippen molar-refractivity contribution in [1.82, 2.24) is 4.31 Å². The van der Waals surface area contributed by atoms with E-state index < -0.39 is 16.0 Å². The molecule has 0 saturated carbocycles. The van der Waals surface area contributed by atoms with Crippen LogP contribution in [0.3, 0.4) is 0 Å². The molecule has 0 N–H and O–H groups in total. The van der Waals surface area contributed by atoms with E-state index in [0.717, 1.165) is 4.31 Å². The molecular weight excluding hydrogens is 230 g/mol. The fraction of sp³-hybridized carbons (Fsp3) is 0.700. The van der Waals surface area contributed by atoms with Crippen LogP contribution >= 0.6 is 0 Å². The molecule has 6 heteroatoms. The zero-order valence-electron chi connectivity index (χ0n) is 9.81. The number of hydrogen-bond donors (Lipinski definition) is 0. The van der Waals surface area contributed by atoms with Crippen molar-refractivity contribution in [2.45, 2.75) is 20.3 Å². The van der Waals surface area contributed by atoms with Crippen molar-refractivity contribution in [1.29, 1.82) is 0 Å². The first-order valence-electron chi connectivity index (χ1n) is 5.22. The highest BCUT2D eigenvalue weighted by Gasteiger charge is 2.22. The molecule has 0 saturated heterocycles. The SMILES string of the molecule is C=CCN(CC(=O)OCC)S(=O)(=O)CCC. The van der Waals surface area contributed by atoms with Crippen LogP contribution in [0.5, 0.6) is 0 Å². The van der Waals surface area contributed by atoms with Crippen LogP contribution in [0.4, 0.5) is 0 Å². The van der Waals surface area contributed by atoms with Crippen LogP contribution in [0.1, 0.15) is 20.3 Å². The Balaban J connectivity index is 4.60. The lowest BCUT2D eigenvalue weighted by molar-refractivity contribution is -0.143. The summed E-state index contributed by atoms with van der Waals surface area (Å²) in [5.74, 6) is -0.510. The molecule has 16 heavy (non-hydrogen) atoms. The van der Waals surface area contributed by atoms with Gasteiger partial charge in [-0.2, -0.15) is 4.31 Å². The summed E-state index contributed by atoms with van der Waals surface area (Å²) in [6.07, 6.45) is 1.96. The zero-order chi connectivity index (χ0) is 12.6. The van der Waals surface area contributed by atoms with Gasteiger partial charge in [-0.15, -0.1) is 6.58 Å². The average Bonchev–Trinajstić information content (AvgIpc) is 2.17. The van der Waals surface area contributed by atoms with E-state index in [1.807, 2.05) is 0 Å². The maximum Gasteiger partial charge on any atom is 0.321 e. The quantitative estimate of drug-likeness (QED) is 0.471. The highest BCUT2D eigenvalue weighted by Crippen LogP contribution is 2.04. The van der Waals surface area contributed by atoms with E-state index in [2.05, 4.69) is 6.58 Å². The van der Waals surface area contributed by atoms with Gasteiger partial charge in [0, 0.05) is 6.54 Å². The molecule has 0 aliphatic heterocycles. The Bertz CT molecular complexity index is 324. The van der Waals surface area contributed by atoms with Gasteiger partial charge in [0.1, 0.15) is 6.54 Å². The monoisotopic (exact) mass is 249 g/mol. The average molecular weight is 249 g/mol. The fourth-order valence-electron chi connectivity index (χ4n) is 1.16. The standard InChI is InChI=1S/C10H19NO4S/c1-4-7-11(9-10(12)15-6-3)16(13,14)8-5-2/h4H,1,5-9H2,2-3H3. The van der Waals surface area contributed by atoms with Crippen molar-refractivity contribution in [3.63, 3.8) is 0 Å². The first kappa shape index (κ1) is 15.1. The Morgan fingerprint density at radius 1 is 1.44 bits per heavy atom. The first-order chi connectivity index (χ1) is 7.47. The number of sulfonamides is 1. The predicted molar refractivity (Wildman–Crippen MR) is 62.5 cm³/mol. The normalized spacial score (nSPS) is 11.4. The molecule has 0 spiro atoms. The number of esters is 1. The Morgan fingerprint density at radius 3 is 2.50 bits per heavy atom. The fourth-order valence-corrected chi connectivity index (χ4v) is 2.57. The molecular formula is C10H19NO4S. The van der Waals surface area contributed by atoms with Gasteiger partial charge in [0.05, 0.1) is 12.4 Å². The molecule has 0 atom stereocenters. The van der Waals surface area contributed by atoms with Gasteiger partial charge in [-0.05, 0) is 13.3 Å². The van der Waals surface area contributed by atoms with E-state index >= 15 is 0 Å². The van der Waals surface area contributed by atoms with Crippen molar-refractivity contribution in [2.24, 2.45) is 0 Å². The van der Waals surface area contributed by atoms with Crippen LogP contribution < -0.4 is 0 Å². The summed E-state index contributed by atoms with van der Waals surface area (Å²) in [6.45, 7) is 7.04. The summed E-state index contributed by atoms with van der Waals surface area (Å²) in [7, 11) is -3.39. The second kappa shape index (κ2) is 7.40. The Labute approximate surface area is 97.1 Å². The van der Waals surface area contributed by atoms with E-state index in [4.69, 9.17) is 4.74 Å². The molecule has 0 rings (SSSR count). The number of nitrogens with zero attached hydrogens (tertiary/aromatic N) is 1. The van der Waals surface area contributed by atoms with Crippen LogP contribution in [-0.2, 0) is 19.6 Å². The second-order valence-electron chi connectivity index (χ2n) is 3.20. The van der Waals surface area contributed by atoms with E-state index in [1.54, 1.807) is 13.8 Å². The van der Waals surface area contributed by atoms with Gasteiger partial charge in [0.2, 0.25) is 10.0 Å². The Kier molecular flexibility index (Phi) is 7.00. The van der Waals surface area contributed by atoms with Crippen LogP contribution in [0.2, 0.25) is 0 Å². The maximum atomic E-state index is 11.7. The molecule has 0 aromatic heterocycles. The number of carbonyl (C=O) groups is 1. The molecule has 94 valence electrons. The van der Waals surface area contributed by atoms with Gasteiger partial charge in [0.25, 0.3) is 0 Å². The number of ether oxygens (including phenoxy) is 1. The van der Waals surface area contributed by atoms with Crippen LogP contribution in [0, 0.1) is 0 Å². The van der Waals surface area contributed by atoms with Crippen LogP contribution in [0.25, 0.3) is 0 Å². The third-order valence-electron chi connectivity index (χ3n) is 1.80. The number of hydrogen-bond acceptors (Lipinski definition) is 4. The third kappa shape index (κ3) is 5.27. The van der Waals surface area contributed by atoms with Crippen LogP contribution in [-0.4, -0.2) is 44.1 Å². The largest absolute Gasteiger partial charge is 0.465 e. The summed E-state index contributed by atoms with van der Waals surface area (Å²) < 4.78 is 29.3. The third-order valence-corrected chi connectivity index (χ3v) is 3.79. The molecule has 0 heterocycles. The summed E-state index contributed by atoms with van der Waals surface area (Å²) >= 11 is 0. The lowest BCUT2D eigenvalue weighted by Gasteiger charge is -2.19. The minimum absolute atomic E-state index is 0.0280. The Hall–Kier alpha value is -0.880. The maximum absolute atomic E-state index is 11.7. The first-order valence-corrected chi connectivity index (χ1v) is 6.83. The smallest absolute Gasteiger partial charge is 0.321 e. The molecule has 0 fully saturated rings. The zero-order valence-corrected chi connectivity index (χ0v) is 10.6. The molecule has 0 amide bonds. The summed E-state index contributed by atoms with van der Waals surface area (Å²) in [6, 6.07) is 0. The van der Waals surface area contributed by atoms with Gasteiger partial charge in [-0.25, -0.2) is 8.42 Å². The molecule has 0 aromatic rings. The van der Waals surface area contributed by atoms with Gasteiger partial charge in [-0.3, -0.25) is 4.79 Å². The van der Waals surface area contributed by atoms with Crippen molar-refractivity contribution >= 4 is 16.0 Å². The molecule has 5 nitrogen and oxygen atoms in total. The molecule has 0 aliphatic rings. The van der Waals surface area contributed by atoms with Gasteiger partial charge >= 0.3 is 5.97 Å². The lowest BCUT2D eigenvalue weighted by atomic mass is 10.5. The molecule has 0 unspecified atom stereocenters. The van der Waals surface area contributed by atoms with Crippen molar-refractivity contribution < 1.29 is 17.9 Å². The second-order valence-corrected chi connectivity index (χ2v) is 5.29. The molecule has 0 radical (unpaired) electrons. The van der Waals surface area contributed by atoms with Crippen molar-refractivity contribution in [3.8, 4) is 0 Å². The molecule has 0 bridgehead atoms. The Morgan fingerprint density at radius 2 is 2.06 bits per heavy atom. The highest BCUT2D eigenvalue weighted by molar-refractivity contribution is 7.89. The van der Waals surface area contributed by atoms with E-state index in [9.17, 15) is 13.2 Å². The lowest BCUT2D eigenvalue weighted by Crippen LogP contribution is -2.37. The molecule has 0 aromatic carbocycles. The van der Waals surface area contributed by atoms with E-state index in [-0.39, 0.29) is 25.4 Å². The minimum Gasteiger partial charge on any atom is -0.465 e. The van der Waals surface area contributed by atoms with Gasteiger partial charge in [0.15, 0.2) is 0 Å². The minimum atomic E-state index is -3.39. The van der Waals surface area contributed by atoms with Crippen molar-refractivity contribution in [2.75, 3.05) is 25.4 Å². The van der Waals surface area contributed by atoms with Gasteiger partial charge < -0.3 is 4.74 Å². The van der Waals surface area contributed by atoms with Crippen molar-refractivity contribution in [3.05, 3.63) is 12.7 Å². The van der Waals surface area contributed by atoms with Gasteiger partial charge in [-0.1, -0.05) is 13.0 Å². The van der Waals surface area contributed by atoms with Crippen LogP contribution in [0.15, 0.2) is 12.7 Å². The predicted octanol–water partition coefficient (Wildman–Crippen LogP) is 0.777. The summed E-state index contributed by atoms with van der Waals surface area (Å²) in [4.78, 5) is 11.2. The summed E-state index contributed by atoms with van der Waals surface area (Å²) in [5.41, 5.74) is 0. The highest BCUT2D eigenvalue weighted by atomic mass is 32.2. The molecule has 0 aliphatic carbocycles. The topological polar surface area (TPSA) is 63.7 Å².